The monoisotopic (exact) mass is 310 g/mol. The molecule has 3 aliphatic carbocycles. The van der Waals surface area contributed by atoms with Crippen LogP contribution in [0.25, 0.3) is 6.08 Å². The van der Waals surface area contributed by atoms with Gasteiger partial charge in [-0.05, 0) is 91.9 Å². The summed E-state index contributed by atoms with van der Waals surface area (Å²) in [7, 11) is 0. The molecule has 1 aromatic carbocycles. The van der Waals surface area contributed by atoms with Crippen molar-refractivity contribution >= 4 is 6.08 Å². The largest absolute Gasteiger partial charge is 0.493 e. The van der Waals surface area contributed by atoms with E-state index in [4.69, 9.17) is 4.74 Å². The van der Waals surface area contributed by atoms with Gasteiger partial charge in [0.1, 0.15) is 5.75 Å². The summed E-state index contributed by atoms with van der Waals surface area (Å²) in [5.74, 6) is 3.69. The van der Waals surface area contributed by atoms with Gasteiger partial charge in [-0.2, -0.15) is 0 Å². The molecular formula is C22H30O. The zero-order valence-electron chi connectivity index (χ0n) is 14.7. The van der Waals surface area contributed by atoms with Gasteiger partial charge in [0.25, 0.3) is 0 Å². The van der Waals surface area contributed by atoms with Crippen LogP contribution in [0.4, 0.5) is 0 Å². The fourth-order valence-corrected chi connectivity index (χ4v) is 6.05. The van der Waals surface area contributed by atoms with Crippen molar-refractivity contribution in [2.24, 2.45) is 17.3 Å². The minimum Gasteiger partial charge on any atom is -0.493 e. The van der Waals surface area contributed by atoms with E-state index >= 15 is 0 Å². The summed E-state index contributed by atoms with van der Waals surface area (Å²) in [5.41, 5.74) is 4.98. The normalized spacial score (nSPS) is 35.1. The number of hydrogen-bond donors (Lipinski definition) is 0. The van der Waals surface area contributed by atoms with E-state index in [-0.39, 0.29) is 0 Å². The molecule has 3 unspecified atom stereocenters. The van der Waals surface area contributed by atoms with Crippen molar-refractivity contribution in [3.63, 3.8) is 0 Å². The van der Waals surface area contributed by atoms with Crippen LogP contribution in [0.3, 0.4) is 0 Å². The van der Waals surface area contributed by atoms with Crippen molar-refractivity contribution < 1.29 is 4.74 Å². The van der Waals surface area contributed by atoms with E-state index in [2.05, 4.69) is 32.6 Å². The van der Waals surface area contributed by atoms with E-state index in [1.165, 1.54) is 50.5 Å². The fourth-order valence-electron chi connectivity index (χ4n) is 6.05. The minimum atomic E-state index is 0.641. The average molecular weight is 310 g/mol. The maximum absolute atomic E-state index is 5.91. The first kappa shape index (κ1) is 15.3. The van der Waals surface area contributed by atoms with E-state index in [9.17, 15) is 0 Å². The highest BCUT2D eigenvalue weighted by Crippen LogP contribution is 2.61. The molecule has 4 rings (SSSR count). The number of aryl methyl sites for hydroxylation is 1. The van der Waals surface area contributed by atoms with Gasteiger partial charge in [0.2, 0.25) is 0 Å². The first-order chi connectivity index (χ1) is 11.2. The summed E-state index contributed by atoms with van der Waals surface area (Å²) in [5, 5.41) is 0. The number of benzene rings is 1. The molecule has 0 bridgehead atoms. The molecule has 1 aromatic rings. The van der Waals surface area contributed by atoms with E-state index < -0.39 is 0 Å². The van der Waals surface area contributed by atoms with Gasteiger partial charge >= 0.3 is 0 Å². The molecule has 0 heterocycles. The number of ether oxygens (including phenoxy) is 1. The van der Waals surface area contributed by atoms with Gasteiger partial charge in [-0.3, -0.25) is 0 Å². The second kappa shape index (κ2) is 5.69. The zero-order valence-corrected chi connectivity index (χ0v) is 14.7. The fraction of sp³-hybridized carbons (Fsp3) is 0.636. The van der Waals surface area contributed by atoms with Crippen molar-refractivity contribution in [1.29, 1.82) is 0 Å². The predicted molar refractivity (Wildman–Crippen MR) is 96.9 cm³/mol. The van der Waals surface area contributed by atoms with Crippen LogP contribution in [0.1, 0.15) is 75.0 Å². The quantitative estimate of drug-likeness (QED) is 0.668. The van der Waals surface area contributed by atoms with E-state index in [1.54, 1.807) is 11.1 Å². The maximum Gasteiger partial charge on any atom is 0.126 e. The van der Waals surface area contributed by atoms with Gasteiger partial charge in [0.15, 0.2) is 0 Å². The van der Waals surface area contributed by atoms with Gasteiger partial charge in [0.05, 0.1) is 6.61 Å². The Labute approximate surface area is 141 Å². The van der Waals surface area contributed by atoms with Gasteiger partial charge < -0.3 is 4.74 Å². The number of hydrogen-bond acceptors (Lipinski definition) is 1. The molecule has 0 saturated heterocycles. The van der Waals surface area contributed by atoms with Gasteiger partial charge in [0, 0.05) is 5.56 Å². The Kier molecular flexibility index (Phi) is 3.78. The first-order valence-electron chi connectivity index (χ1n) is 9.58. The molecule has 3 aliphatic rings. The van der Waals surface area contributed by atoms with Crippen LogP contribution in [0.2, 0.25) is 0 Å². The van der Waals surface area contributed by atoms with Crippen LogP contribution in [0.5, 0.6) is 5.75 Å². The van der Waals surface area contributed by atoms with Crippen molar-refractivity contribution in [1.82, 2.24) is 0 Å². The smallest absolute Gasteiger partial charge is 0.126 e. The minimum absolute atomic E-state index is 0.641. The SMILES string of the molecule is C=Cc1cc2c(cc1OCC)C1CC[C@]3(C)CCCC3C1CC2. The van der Waals surface area contributed by atoms with Crippen LogP contribution in [0, 0.1) is 17.3 Å². The number of rotatable bonds is 3. The summed E-state index contributed by atoms with van der Waals surface area (Å²) >= 11 is 0. The molecule has 23 heavy (non-hydrogen) atoms. The van der Waals surface area contributed by atoms with Gasteiger partial charge in [-0.1, -0.05) is 26.0 Å². The Morgan fingerprint density at radius 3 is 2.91 bits per heavy atom. The average Bonchev–Trinajstić information content (AvgIpc) is 2.96. The molecule has 0 aliphatic heterocycles. The molecule has 0 N–H and O–H groups in total. The summed E-state index contributed by atoms with van der Waals surface area (Å²) in [6.45, 7) is 9.35. The summed E-state index contributed by atoms with van der Waals surface area (Å²) < 4.78 is 5.91. The Hall–Kier alpha value is -1.24. The Morgan fingerprint density at radius 1 is 1.26 bits per heavy atom. The van der Waals surface area contributed by atoms with Crippen LogP contribution < -0.4 is 4.74 Å². The molecule has 0 amide bonds. The Bertz CT molecular complexity index is 617. The highest BCUT2D eigenvalue weighted by molar-refractivity contribution is 5.59. The lowest BCUT2D eigenvalue weighted by atomic mass is 9.56. The molecule has 4 atom stereocenters. The third kappa shape index (κ3) is 2.35. The van der Waals surface area contributed by atoms with Crippen molar-refractivity contribution in [3.05, 3.63) is 35.4 Å². The molecule has 2 saturated carbocycles. The van der Waals surface area contributed by atoms with E-state index in [0.717, 1.165) is 30.1 Å². The lowest BCUT2D eigenvalue weighted by Crippen LogP contribution is -2.39. The van der Waals surface area contributed by atoms with Crippen LogP contribution >= 0.6 is 0 Å². The lowest BCUT2D eigenvalue weighted by molar-refractivity contribution is 0.0597. The standard InChI is InChI=1S/C22H30O/c1-4-15-13-16-8-9-18-17(19(16)14-21(15)23-5-2)10-12-22(3)11-6-7-20(18)22/h4,13-14,17-18,20H,1,5-12H2,2-3H3/t17?,18?,20?,22-/m0/s1. The van der Waals surface area contributed by atoms with Crippen LogP contribution in [-0.4, -0.2) is 6.61 Å². The molecule has 1 nitrogen and oxygen atoms in total. The van der Waals surface area contributed by atoms with E-state index in [0.29, 0.717) is 5.41 Å². The molecule has 1 heteroatoms. The Morgan fingerprint density at radius 2 is 2.13 bits per heavy atom. The van der Waals surface area contributed by atoms with Crippen LogP contribution in [0.15, 0.2) is 18.7 Å². The van der Waals surface area contributed by atoms with Gasteiger partial charge in [-0.15, -0.1) is 0 Å². The Balaban J connectivity index is 1.72. The second-order valence-electron chi connectivity index (χ2n) is 8.23. The van der Waals surface area contributed by atoms with Crippen molar-refractivity contribution in [3.8, 4) is 5.75 Å². The third-order valence-corrected chi connectivity index (χ3v) is 7.16. The molecule has 0 spiro atoms. The molecule has 2 fully saturated rings. The van der Waals surface area contributed by atoms with Crippen molar-refractivity contribution in [2.75, 3.05) is 6.61 Å². The summed E-state index contributed by atoms with van der Waals surface area (Å²) in [6, 6.07) is 4.72. The maximum atomic E-state index is 5.91. The predicted octanol–water partition coefficient (Wildman–Crippen LogP) is 5.97. The number of fused-ring (bicyclic) bond motifs is 5. The first-order valence-corrected chi connectivity index (χ1v) is 9.58. The third-order valence-electron chi connectivity index (χ3n) is 7.16. The molecule has 0 radical (unpaired) electrons. The molecular weight excluding hydrogens is 280 g/mol. The highest BCUT2D eigenvalue weighted by Gasteiger charge is 2.50. The molecule has 124 valence electrons. The van der Waals surface area contributed by atoms with Crippen molar-refractivity contribution in [2.45, 2.75) is 64.7 Å². The van der Waals surface area contributed by atoms with E-state index in [1.807, 2.05) is 6.08 Å². The summed E-state index contributed by atoms with van der Waals surface area (Å²) in [6.07, 6.45) is 11.8. The van der Waals surface area contributed by atoms with Gasteiger partial charge in [-0.25, -0.2) is 0 Å². The molecule has 0 aromatic heterocycles. The summed E-state index contributed by atoms with van der Waals surface area (Å²) in [4.78, 5) is 0. The second-order valence-corrected chi connectivity index (χ2v) is 8.23. The highest BCUT2D eigenvalue weighted by atomic mass is 16.5. The zero-order chi connectivity index (χ0) is 16.0. The van der Waals surface area contributed by atoms with Crippen LogP contribution in [-0.2, 0) is 6.42 Å². The lowest BCUT2D eigenvalue weighted by Gasteiger charge is -2.49. The topological polar surface area (TPSA) is 9.23 Å².